The summed E-state index contributed by atoms with van der Waals surface area (Å²) in [4.78, 5) is 46.6. The summed E-state index contributed by atoms with van der Waals surface area (Å²) in [5, 5.41) is 0. The number of likely N-dealkylation sites (tertiary alicyclic amines) is 2. The van der Waals surface area contributed by atoms with Crippen LogP contribution in [0.5, 0.6) is 0 Å². The second kappa shape index (κ2) is 12.1. The highest BCUT2D eigenvalue weighted by atomic mass is 16.2. The van der Waals surface area contributed by atoms with Crippen LogP contribution < -0.4 is 0 Å². The molecule has 33 heavy (non-hydrogen) atoms. The average Bonchev–Trinajstić information content (AvgIpc) is 2.88. The molecule has 0 atom stereocenters. The van der Waals surface area contributed by atoms with Crippen molar-refractivity contribution in [3.8, 4) is 0 Å². The fourth-order valence-electron chi connectivity index (χ4n) is 5.10. The van der Waals surface area contributed by atoms with Crippen molar-refractivity contribution in [3.05, 3.63) is 35.9 Å². The molecule has 3 rings (SSSR count). The summed E-state index contributed by atoms with van der Waals surface area (Å²) in [5.41, 5.74) is 0.725. The van der Waals surface area contributed by atoms with Gasteiger partial charge in [-0.3, -0.25) is 9.59 Å². The first-order chi connectivity index (χ1) is 16.0. The quantitative estimate of drug-likeness (QED) is 0.628. The number of hydrogen-bond donors (Lipinski definition) is 0. The molecule has 2 heterocycles. The molecular weight excluding hydrogens is 416 g/mol. The third-order valence-corrected chi connectivity index (χ3v) is 7.11. The maximum absolute atomic E-state index is 13.5. The van der Waals surface area contributed by atoms with Crippen molar-refractivity contribution < 1.29 is 14.4 Å². The molecule has 2 fully saturated rings. The minimum Gasteiger partial charge on any atom is -0.339 e. The molecule has 0 aromatic heterocycles. The smallest absolute Gasteiger partial charge is 0.319 e. The highest BCUT2D eigenvalue weighted by Crippen LogP contribution is 2.25. The van der Waals surface area contributed by atoms with E-state index in [2.05, 4.69) is 11.8 Å². The standard InChI is InChI=1S/C26H40N4O3/c1-4-16-30(23-14-19-28(20-15-23)24(31)21-10-8-7-9-11-21)25(32)22-12-17-29(18-13-22)26(33)27(5-2)6-3/h7-11,22-23H,4-6,12-20H2,1-3H3. The summed E-state index contributed by atoms with van der Waals surface area (Å²) in [7, 11) is 0. The molecular formula is C26H40N4O3. The molecule has 2 aliphatic rings. The molecule has 2 saturated heterocycles. The Morgan fingerprint density at radius 2 is 1.42 bits per heavy atom. The van der Waals surface area contributed by atoms with Gasteiger partial charge in [0, 0.05) is 63.3 Å². The van der Waals surface area contributed by atoms with Crippen LogP contribution >= 0.6 is 0 Å². The second-order valence-corrected chi connectivity index (χ2v) is 9.14. The maximum Gasteiger partial charge on any atom is 0.319 e. The van der Waals surface area contributed by atoms with Crippen molar-refractivity contribution >= 4 is 17.8 Å². The molecule has 7 nitrogen and oxygen atoms in total. The Kier molecular flexibility index (Phi) is 9.15. The zero-order valence-electron chi connectivity index (χ0n) is 20.5. The molecule has 4 amide bonds. The van der Waals surface area contributed by atoms with E-state index in [0.717, 1.165) is 44.2 Å². The van der Waals surface area contributed by atoms with E-state index in [9.17, 15) is 14.4 Å². The van der Waals surface area contributed by atoms with Crippen molar-refractivity contribution in [2.75, 3.05) is 45.8 Å². The van der Waals surface area contributed by atoms with Gasteiger partial charge in [0.15, 0.2) is 0 Å². The van der Waals surface area contributed by atoms with E-state index >= 15 is 0 Å². The minimum atomic E-state index is -0.0127. The number of carbonyl (C=O) groups is 3. The van der Waals surface area contributed by atoms with Gasteiger partial charge in [0.25, 0.3) is 5.91 Å². The third kappa shape index (κ3) is 6.06. The molecule has 1 aromatic carbocycles. The van der Waals surface area contributed by atoms with Crippen molar-refractivity contribution in [2.24, 2.45) is 5.92 Å². The lowest BCUT2D eigenvalue weighted by molar-refractivity contribution is -0.140. The SMILES string of the molecule is CCCN(C(=O)C1CCN(C(=O)N(CC)CC)CC1)C1CCN(C(=O)c2ccccc2)CC1. The van der Waals surface area contributed by atoms with Gasteiger partial charge < -0.3 is 19.6 Å². The molecule has 0 aliphatic carbocycles. The normalized spacial score (nSPS) is 17.7. The molecule has 0 N–H and O–H groups in total. The van der Waals surface area contributed by atoms with Crippen molar-refractivity contribution in [2.45, 2.75) is 58.9 Å². The summed E-state index contributed by atoms with van der Waals surface area (Å²) in [6.07, 6.45) is 4.04. The van der Waals surface area contributed by atoms with Crippen LogP contribution in [-0.2, 0) is 4.79 Å². The molecule has 7 heteroatoms. The first-order valence-electron chi connectivity index (χ1n) is 12.7. The van der Waals surface area contributed by atoms with Crippen molar-refractivity contribution in [1.82, 2.24) is 19.6 Å². The minimum absolute atomic E-state index is 0.0127. The van der Waals surface area contributed by atoms with Crippen LogP contribution in [0.3, 0.4) is 0 Å². The fourth-order valence-corrected chi connectivity index (χ4v) is 5.10. The topological polar surface area (TPSA) is 64.2 Å². The van der Waals surface area contributed by atoms with Crippen LogP contribution in [0.15, 0.2) is 30.3 Å². The van der Waals surface area contributed by atoms with Crippen LogP contribution in [-0.4, -0.2) is 89.3 Å². The Morgan fingerprint density at radius 3 is 1.97 bits per heavy atom. The van der Waals surface area contributed by atoms with Gasteiger partial charge in [-0.25, -0.2) is 4.79 Å². The maximum atomic E-state index is 13.5. The lowest BCUT2D eigenvalue weighted by Gasteiger charge is -2.41. The number of hydrogen-bond acceptors (Lipinski definition) is 3. The Labute approximate surface area is 198 Å². The van der Waals surface area contributed by atoms with Crippen LogP contribution in [0.4, 0.5) is 4.79 Å². The van der Waals surface area contributed by atoms with Crippen LogP contribution in [0.1, 0.15) is 63.2 Å². The average molecular weight is 457 g/mol. The van der Waals surface area contributed by atoms with Crippen LogP contribution in [0.2, 0.25) is 0 Å². The number of nitrogens with zero attached hydrogens (tertiary/aromatic N) is 4. The van der Waals surface area contributed by atoms with E-state index in [1.54, 1.807) is 0 Å². The van der Waals surface area contributed by atoms with Gasteiger partial charge in [0.2, 0.25) is 5.91 Å². The number of benzene rings is 1. The first-order valence-corrected chi connectivity index (χ1v) is 12.7. The van der Waals surface area contributed by atoms with E-state index in [-0.39, 0.29) is 29.8 Å². The fraction of sp³-hybridized carbons (Fsp3) is 0.654. The van der Waals surface area contributed by atoms with Gasteiger partial charge in [-0.1, -0.05) is 25.1 Å². The van der Waals surface area contributed by atoms with Gasteiger partial charge in [0.1, 0.15) is 0 Å². The van der Waals surface area contributed by atoms with Gasteiger partial charge in [-0.15, -0.1) is 0 Å². The lowest BCUT2D eigenvalue weighted by atomic mass is 9.93. The van der Waals surface area contributed by atoms with E-state index < -0.39 is 0 Å². The first kappa shape index (κ1) is 25.1. The van der Waals surface area contributed by atoms with Gasteiger partial charge >= 0.3 is 6.03 Å². The largest absolute Gasteiger partial charge is 0.339 e. The molecule has 0 bridgehead atoms. The number of amides is 4. The molecule has 0 radical (unpaired) electrons. The third-order valence-electron chi connectivity index (χ3n) is 7.11. The van der Waals surface area contributed by atoms with E-state index in [1.165, 1.54) is 0 Å². The molecule has 0 spiro atoms. The summed E-state index contributed by atoms with van der Waals surface area (Å²) < 4.78 is 0. The highest BCUT2D eigenvalue weighted by Gasteiger charge is 2.35. The summed E-state index contributed by atoms with van der Waals surface area (Å²) in [6, 6.07) is 9.70. The number of piperidine rings is 2. The number of rotatable bonds is 7. The van der Waals surface area contributed by atoms with E-state index in [4.69, 9.17) is 0 Å². The van der Waals surface area contributed by atoms with Crippen molar-refractivity contribution in [3.63, 3.8) is 0 Å². The molecule has 182 valence electrons. The summed E-state index contributed by atoms with van der Waals surface area (Å²) >= 11 is 0. The second-order valence-electron chi connectivity index (χ2n) is 9.14. The Hall–Kier alpha value is -2.57. The zero-order valence-corrected chi connectivity index (χ0v) is 20.5. The highest BCUT2D eigenvalue weighted by molar-refractivity contribution is 5.94. The predicted octanol–water partition coefficient (Wildman–Crippen LogP) is 3.70. The van der Waals surface area contributed by atoms with E-state index in [1.807, 2.05) is 58.9 Å². The van der Waals surface area contributed by atoms with Gasteiger partial charge in [-0.2, -0.15) is 0 Å². The molecule has 0 saturated carbocycles. The van der Waals surface area contributed by atoms with Crippen molar-refractivity contribution in [1.29, 1.82) is 0 Å². The van der Waals surface area contributed by atoms with Crippen LogP contribution in [0.25, 0.3) is 0 Å². The number of urea groups is 1. The molecule has 1 aromatic rings. The van der Waals surface area contributed by atoms with Crippen LogP contribution in [0, 0.1) is 5.92 Å². The summed E-state index contributed by atoms with van der Waals surface area (Å²) in [6.45, 7) is 11.0. The molecule has 0 unspecified atom stereocenters. The monoisotopic (exact) mass is 456 g/mol. The lowest BCUT2D eigenvalue weighted by Crippen LogP contribution is -2.52. The van der Waals surface area contributed by atoms with Gasteiger partial charge in [-0.05, 0) is 58.1 Å². The Morgan fingerprint density at radius 1 is 0.848 bits per heavy atom. The Bertz CT molecular complexity index is 780. The summed E-state index contributed by atoms with van der Waals surface area (Å²) in [5.74, 6) is 0.300. The zero-order chi connectivity index (χ0) is 23.8. The predicted molar refractivity (Wildman–Crippen MR) is 130 cm³/mol. The molecule has 2 aliphatic heterocycles. The Balaban J connectivity index is 1.55. The van der Waals surface area contributed by atoms with Gasteiger partial charge in [0.05, 0.1) is 0 Å². The number of carbonyl (C=O) groups excluding carboxylic acids is 3. The van der Waals surface area contributed by atoms with E-state index in [0.29, 0.717) is 39.3 Å².